The number of benzene rings is 1. The largest absolute Gasteiger partial charge is 0.494 e. The molecule has 1 aromatic carbocycles. The maximum atomic E-state index is 13.1. The molecule has 0 saturated carbocycles. The van der Waals surface area contributed by atoms with E-state index in [2.05, 4.69) is 27.4 Å². The van der Waals surface area contributed by atoms with Crippen LogP contribution in [-0.4, -0.2) is 46.8 Å². The van der Waals surface area contributed by atoms with Gasteiger partial charge in [0.2, 0.25) is 0 Å². The Kier molecular flexibility index (Phi) is 6.19. The molecule has 0 spiro atoms. The highest BCUT2D eigenvalue weighted by atomic mass is 16.5. The Morgan fingerprint density at radius 2 is 1.86 bits per heavy atom. The molecule has 1 aliphatic heterocycles. The zero-order chi connectivity index (χ0) is 20.2. The highest BCUT2D eigenvalue weighted by Gasteiger charge is 2.27. The standard InChI is InChI=1S/C23H32N4O2/c1-3-29-18-12-10-17(11-13-18)21(27-14-6-7-15-27)16-24-23(28)22-19-8-4-5-9-20(19)25-26(22)2/h10-13,21H,3-9,14-16H2,1-2H3,(H,24,28)/t21-/m0/s1. The van der Waals surface area contributed by atoms with Crippen molar-refractivity contribution in [1.29, 1.82) is 0 Å². The second-order valence-corrected chi connectivity index (χ2v) is 8.08. The van der Waals surface area contributed by atoms with E-state index < -0.39 is 0 Å². The average Bonchev–Trinajstić information content (AvgIpc) is 3.36. The number of likely N-dealkylation sites (tertiary alicyclic amines) is 1. The fourth-order valence-corrected chi connectivity index (χ4v) is 4.70. The van der Waals surface area contributed by atoms with E-state index in [1.807, 2.05) is 26.1 Å². The molecular weight excluding hydrogens is 364 g/mol. The number of carbonyl (C=O) groups is 1. The summed E-state index contributed by atoms with van der Waals surface area (Å²) < 4.78 is 7.36. The van der Waals surface area contributed by atoms with Crippen molar-refractivity contribution in [2.45, 2.75) is 51.5 Å². The summed E-state index contributed by atoms with van der Waals surface area (Å²) in [6.07, 6.45) is 6.69. The van der Waals surface area contributed by atoms with Gasteiger partial charge in [0.05, 0.1) is 18.3 Å². The number of rotatable bonds is 7. The van der Waals surface area contributed by atoms with E-state index in [1.54, 1.807) is 4.68 Å². The van der Waals surface area contributed by atoms with Crippen molar-refractivity contribution in [1.82, 2.24) is 20.0 Å². The predicted octanol–water partition coefficient (Wildman–Crippen LogP) is 3.26. The van der Waals surface area contributed by atoms with E-state index in [4.69, 9.17) is 4.74 Å². The van der Waals surface area contributed by atoms with Gasteiger partial charge in [0.25, 0.3) is 5.91 Å². The van der Waals surface area contributed by atoms with Crippen LogP contribution in [0.1, 0.15) is 66.0 Å². The first-order valence-corrected chi connectivity index (χ1v) is 11.0. The van der Waals surface area contributed by atoms with Crippen molar-refractivity contribution in [2.75, 3.05) is 26.2 Å². The maximum Gasteiger partial charge on any atom is 0.269 e. The topological polar surface area (TPSA) is 59.4 Å². The second kappa shape index (κ2) is 8.99. The van der Waals surface area contributed by atoms with Gasteiger partial charge in [-0.2, -0.15) is 5.10 Å². The zero-order valence-corrected chi connectivity index (χ0v) is 17.6. The monoisotopic (exact) mass is 396 g/mol. The van der Waals surface area contributed by atoms with Gasteiger partial charge in [-0.15, -0.1) is 0 Å². The normalized spacial score (nSPS) is 17.7. The third-order valence-corrected chi connectivity index (χ3v) is 6.15. The van der Waals surface area contributed by atoms with Crippen LogP contribution in [0.4, 0.5) is 0 Å². The molecule has 156 valence electrons. The third kappa shape index (κ3) is 4.32. The molecule has 1 fully saturated rings. The first-order chi connectivity index (χ1) is 14.2. The molecule has 2 aromatic rings. The smallest absolute Gasteiger partial charge is 0.269 e. The van der Waals surface area contributed by atoms with Gasteiger partial charge >= 0.3 is 0 Å². The van der Waals surface area contributed by atoms with Crippen LogP contribution in [0.3, 0.4) is 0 Å². The number of aromatic nitrogens is 2. The zero-order valence-electron chi connectivity index (χ0n) is 17.6. The van der Waals surface area contributed by atoms with Crippen LogP contribution < -0.4 is 10.1 Å². The first-order valence-electron chi connectivity index (χ1n) is 11.0. The Hall–Kier alpha value is -2.34. The van der Waals surface area contributed by atoms with Gasteiger partial charge in [-0.1, -0.05) is 12.1 Å². The van der Waals surface area contributed by atoms with Crippen molar-refractivity contribution in [3.63, 3.8) is 0 Å². The van der Waals surface area contributed by atoms with Crippen LogP contribution in [0.2, 0.25) is 0 Å². The summed E-state index contributed by atoms with van der Waals surface area (Å²) in [4.78, 5) is 15.6. The van der Waals surface area contributed by atoms with Gasteiger partial charge < -0.3 is 10.1 Å². The minimum absolute atomic E-state index is 0.00159. The van der Waals surface area contributed by atoms with E-state index in [0.29, 0.717) is 13.2 Å². The number of fused-ring (bicyclic) bond motifs is 1. The molecule has 2 heterocycles. The summed E-state index contributed by atoms with van der Waals surface area (Å²) in [5.74, 6) is 0.889. The molecule has 1 atom stereocenters. The summed E-state index contributed by atoms with van der Waals surface area (Å²) in [6, 6.07) is 8.50. The van der Waals surface area contributed by atoms with Crippen LogP contribution in [-0.2, 0) is 19.9 Å². The lowest BCUT2D eigenvalue weighted by Crippen LogP contribution is -2.37. The van der Waals surface area contributed by atoms with Gasteiger partial charge in [-0.25, -0.2) is 0 Å². The van der Waals surface area contributed by atoms with Crippen LogP contribution in [0.15, 0.2) is 24.3 Å². The quantitative estimate of drug-likeness (QED) is 0.780. The van der Waals surface area contributed by atoms with Gasteiger partial charge in [-0.05, 0) is 76.2 Å². The van der Waals surface area contributed by atoms with Crippen molar-refractivity contribution in [3.8, 4) is 5.75 Å². The molecular formula is C23H32N4O2. The Balaban J connectivity index is 1.50. The van der Waals surface area contributed by atoms with E-state index in [9.17, 15) is 4.79 Å². The summed E-state index contributed by atoms with van der Waals surface area (Å²) in [6.45, 7) is 5.42. The minimum Gasteiger partial charge on any atom is -0.494 e. The van der Waals surface area contributed by atoms with Gasteiger partial charge in [0.1, 0.15) is 11.4 Å². The van der Waals surface area contributed by atoms with Crippen LogP contribution in [0, 0.1) is 0 Å². The average molecular weight is 397 g/mol. The first kappa shape index (κ1) is 20.0. The molecule has 1 aliphatic carbocycles. The molecule has 1 amide bonds. The molecule has 2 aliphatic rings. The molecule has 4 rings (SSSR count). The number of hydrogen-bond donors (Lipinski definition) is 1. The molecule has 29 heavy (non-hydrogen) atoms. The Labute approximate surface area is 173 Å². The summed E-state index contributed by atoms with van der Waals surface area (Å²) in [5, 5.41) is 7.81. The van der Waals surface area contributed by atoms with Gasteiger partial charge in [0, 0.05) is 19.2 Å². The Morgan fingerprint density at radius 1 is 1.14 bits per heavy atom. The number of carbonyl (C=O) groups excluding carboxylic acids is 1. The number of nitrogens with one attached hydrogen (secondary N) is 1. The lowest BCUT2D eigenvalue weighted by atomic mass is 9.95. The molecule has 0 unspecified atom stereocenters. The van der Waals surface area contributed by atoms with Gasteiger partial charge in [0.15, 0.2) is 0 Å². The number of ether oxygens (including phenoxy) is 1. The van der Waals surface area contributed by atoms with E-state index in [0.717, 1.165) is 55.1 Å². The lowest BCUT2D eigenvalue weighted by Gasteiger charge is -2.28. The molecule has 6 nitrogen and oxygen atoms in total. The van der Waals surface area contributed by atoms with Gasteiger partial charge in [-0.3, -0.25) is 14.4 Å². The molecule has 1 N–H and O–H groups in total. The summed E-state index contributed by atoms with van der Waals surface area (Å²) in [5.41, 5.74) is 4.22. The molecule has 6 heteroatoms. The van der Waals surface area contributed by atoms with Crippen molar-refractivity contribution in [3.05, 3.63) is 46.8 Å². The molecule has 1 saturated heterocycles. The van der Waals surface area contributed by atoms with Crippen LogP contribution >= 0.6 is 0 Å². The predicted molar refractivity (Wildman–Crippen MR) is 113 cm³/mol. The maximum absolute atomic E-state index is 13.1. The SMILES string of the molecule is CCOc1ccc([C@H](CNC(=O)c2c3c(nn2C)CCCC3)N2CCCC2)cc1. The van der Waals surface area contributed by atoms with Crippen LogP contribution in [0.25, 0.3) is 0 Å². The second-order valence-electron chi connectivity index (χ2n) is 8.08. The van der Waals surface area contributed by atoms with E-state index in [-0.39, 0.29) is 11.9 Å². The number of nitrogens with zero attached hydrogens (tertiary/aromatic N) is 3. The van der Waals surface area contributed by atoms with E-state index in [1.165, 1.54) is 24.8 Å². The molecule has 0 bridgehead atoms. The summed E-state index contributed by atoms with van der Waals surface area (Å²) in [7, 11) is 1.89. The number of amides is 1. The highest BCUT2D eigenvalue weighted by Crippen LogP contribution is 2.27. The summed E-state index contributed by atoms with van der Waals surface area (Å²) >= 11 is 0. The minimum atomic E-state index is -0.00159. The van der Waals surface area contributed by atoms with Crippen LogP contribution in [0.5, 0.6) is 5.75 Å². The van der Waals surface area contributed by atoms with Crippen molar-refractivity contribution >= 4 is 5.91 Å². The Morgan fingerprint density at radius 3 is 2.59 bits per heavy atom. The number of hydrogen-bond acceptors (Lipinski definition) is 4. The third-order valence-electron chi connectivity index (χ3n) is 6.15. The Bertz CT molecular complexity index is 837. The lowest BCUT2D eigenvalue weighted by molar-refractivity contribution is 0.0927. The van der Waals surface area contributed by atoms with Crippen molar-refractivity contribution < 1.29 is 9.53 Å². The highest BCUT2D eigenvalue weighted by molar-refractivity contribution is 5.94. The number of aryl methyl sites for hydroxylation is 2. The van der Waals surface area contributed by atoms with E-state index >= 15 is 0 Å². The molecule has 0 radical (unpaired) electrons. The fraction of sp³-hybridized carbons (Fsp3) is 0.565. The van der Waals surface area contributed by atoms with Crippen molar-refractivity contribution in [2.24, 2.45) is 7.05 Å². The fourth-order valence-electron chi connectivity index (χ4n) is 4.70. The molecule has 1 aromatic heterocycles.